The Bertz CT molecular complexity index is 1460. The van der Waals surface area contributed by atoms with E-state index in [1.165, 1.54) is 12.1 Å². The molecule has 1 aliphatic rings. The van der Waals surface area contributed by atoms with E-state index >= 15 is 0 Å². The molecule has 3 aromatic rings. The predicted molar refractivity (Wildman–Crippen MR) is 171 cm³/mol. The first kappa shape index (κ1) is 35.2. The van der Waals surface area contributed by atoms with E-state index < -0.39 is 35.3 Å². The molecular formula is C35H46F3N5O3. The number of amides is 2. The second-order valence-corrected chi connectivity index (χ2v) is 12.6. The van der Waals surface area contributed by atoms with Crippen LogP contribution in [-0.2, 0) is 24.7 Å². The van der Waals surface area contributed by atoms with Crippen molar-refractivity contribution >= 4 is 11.8 Å². The number of hydrogen-bond acceptors (Lipinski definition) is 5. The molecule has 2 amide bonds. The molecule has 1 aliphatic heterocycles. The average Bonchev–Trinajstić information content (AvgIpc) is 3.48. The zero-order valence-corrected chi connectivity index (χ0v) is 27.1. The number of aryl methyl sites for hydroxylation is 1. The third-order valence-corrected chi connectivity index (χ3v) is 8.79. The van der Waals surface area contributed by atoms with Gasteiger partial charge in [-0.2, -0.15) is 18.3 Å². The number of carbonyl (C=O) groups excluding carboxylic acids is 2. The molecule has 1 fully saturated rings. The maximum absolute atomic E-state index is 13.7. The second-order valence-electron chi connectivity index (χ2n) is 12.6. The van der Waals surface area contributed by atoms with Crippen LogP contribution in [0.25, 0.3) is 0 Å². The van der Waals surface area contributed by atoms with Crippen molar-refractivity contribution in [3.05, 3.63) is 88.7 Å². The van der Waals surface area contributed by atoms with Gasteiger partial charge in [0.1, 0.15) is 5.69 Å². The average molecular weight is 642 g/mol. The zero-order valence-electron chi connectivity index (χ0n) is 27.1. The summed E-state index contributed by atoms with van der Waals surface area (Å²) in [6, 6.07) is 15.4. The Hall–Kier alpha value is -3.70. The summed E-state index contributed by atoms with van der Waals surface area (Å²) in [5, 5.41) is 21.9. The van der Waals surface area contributed by atoms with Gasteiger partial charge in [0.15, 0.2) is 5.69 Å². The zero-order chi connectivity index (χ0) is 33.5. The van der Waals surface area contributed by atoms with E-state index in [4.69, 9.17) is 0 Å². The molecule has 3 N–H and O–H groups in total. The van der Waals surface area contributed by atoms with Gasteiger partial charge in [-0.1, -0.05) is 55.8 Å². The number of piperidine rings is 1. The van der Waals surface area contributed by atoms with Crippen LogP contribution >= 0.6 is 0 Å². The topological polar surface area (TPSA) is 99.5 Å². The maximum Gasteiger partial charge on any atom is 0.416 e. The number of benzene rings is 2. The van der Waals surface area contributed by atoms with Gasteiger partial charge in [-0.25, -0.2) is 0 Å². The standard InChI is InChI=1S/C35H46F3N5O3/c1-5-13-27-18-10-11-19-42(27)33(46)30-22-29(41-43(30)6-2)32(45)40-28(20-24-14-8-7-9-15-24)31(44)23-39-34(3,4)25-16-12-17-26(21-25)35(36,37)38/h7-9,12,14-17,21-22,27-28,31,39,44H,5-6,10-11,13,18-20,23H2,1-4H3,(H,40,45)/t27?,28-,31+/m0/s1. The van der Waals surface area contributed by atoms with Crippen LogP contribution in [0, 0.1) is 0 Å². The summed E-state index contributed by atoms with van der Waals surface area (Å²) in [7, 11) is 0. The lowest BCUT2D eigenvalue weighted by Gasteiger charge is -2.35. The molecule has 11 heteroatoms. The molecule has 0 spiro atoms. The molecule has 0 aliphatic carbocycles. The number of aromatic nitrogens is 2. The number of likely N-dealkylation sites (tertiary alicyclic amines) is 1. The number of hydrogen-bond donors (Lipinski definition) is 3. The fraction of sp³-hybridized carbons (Fsp3) is 0.514. The van der Waals surface area contributed by atoms with Gasteiger partial charge in [0, 0.05) is 37.3 Å². The van der Waals surface area contributed by atoms with Gasteiger partial charge in [0.05, 0.1) is 17.7 Å². The molecule has 46 heavy (non-hydrogen) atoms. The minimum atomic E-state index is -4.48. The molecule has 1 aromatic heterocycles. The molecule has 3 atom stereocenters. The third kappa shape index (κ3) is 8.76. The van der Waals surface area contributed by atoms with Crippen LogP contribution in [0.4, 0.5) is 13.2 Å². The van der Waals surface area contributed by atoms with Crippen LogP contribution in [0.3, 0.4) is 0 Å². The SMILES string of the molecule is CCCC1CCCCN1C(=O)c1cc(C(=O)N[C@@H](Cc2ccccc2)[C@H](O)CNC(C)(C)c2cccc(C(F)(F)F)c2)nn1CC. The highest BCUT2D eigenvalue weighted by atomic mass is 19.4. The number of rotatable bonds is 13. The minimum absolute atomic E-state index is 0.0120. The van der Waals surface area contributed by atoms with Crippen molar-refractivity contribution in [2.75, 3.05) is 13.1 Å². The maximum atomic E-state index is 13.7. The Labute approximate surface area is 269 Å². The number of aliphatic hydroxyl groups excluding tert-OH is 1. The van der Waals surface area contributed by atoms with Crippen molar-refractivity contribution in [3.63, 3.8) is 0 Å². The first-order valence-corrected chi connectivity index (χ1v) is 16.2. The number of nitrogens with zero attached hydrogens (tertiary/aromatic N) is 3. The predicted octanol–water partition coefficient (Wildman–Crippen LogP) is 5.94. The minimum Gasteiger partial charge on any atom is -0.390 e. The lowest BCUT2D eigenvalue weighted by molar-refractivity contribution is -0.137. The van der Waals surface area contributed by atoms with Crippen molar-refractivity contribution in [3.8, 4) is 0 Å². The van der Waals surface area contributed by atoms with E-state index in [0.29, 0.717) is 30.8 Å². The highest BCUT2D eigenvalue weighted by Crippen LogP contribution is 2.32. The summed E-state index contributed by atoms with van der Waals surface area (Å²) in [5.74, 6) is -0.657. The molecule has 0 radical (unpaired) electrons. The summed E-state index contributed by atoms with van der Waals surface area (Å²) < 4.78 is 41.6. The van der Waals surface area contributed by atoms with Crippen LogP contribution in [0.15, 0.2) is 60.7 Å². The first-order valence-electron chi connectivity index (χ1n) is 16.2. The van der Waals surface area contributed by atoms with E-state index in [-0.39, 0.29) is 24.2 Å². The van der Waals surface area contributed by atoms with Gasteiger partial charge in [0.25, 0.3) is 11.8 Å². The lowest BCUT2D eigenvalue weighted by Crippen LogP contribution is -2.51. The number of nitrogens with one attached hydrogen (secondary N) is 2. The largest absolute Gasteiger partial charge is 0.416 e. The normalized spacial score (nSPS) is 17.0. The van der Waals surface area contributed by atoms with Crippen LogP contribution in [0.5, 0.6) is 0 Å². The van der Waals surface area contributed by atoms with Gasteiger partial charge in [-0.15, -0.1) is 0 Å². The first-order chi connectivity index (χ1) is 21.8. The van der Waals surface area contributed by atoms with Crippen molar-refractivity contribution in [2.24, 2.45) is 0 Å². The molecule has 4 rings (SSSR count). The van der Waals surface area contributed by atoms with Gasteiger partial charge < -0.3 is 20.6 Å². The second kappa shape index (κ2) is 15.3. The number of carbonyl (C=O) groups is 2. The van der Waals surface area contributed by atoms with E-state index in [9.17, 15) is 27.9 Å². The molecule has 0 bridgehead atoms. The van der Waals surface area contributed by atoms with Crippen LogP contribution < -0.4 is 10.6 Å². The van der Waals surface area contributed by atoms with Crippen molar-refractivity contribution in [2.45, 2.75) is 103 Å². The van der Waals surface area contributed by atoms with Gasteiger partial charge >= 0.3 is 6.18 Å². The fourth-order valence-electron chi connectivity index (χ4n) is 6.07. The van der Waals surface area contributed by atoms with Crippen molar-refractivity contribution in [1.82, 2.24) is 25.3 Å². The van der Waals surface area contributed by atoms with Crippen LogP contribution in [0.2, 0.25) is 0 Å². The molecule has 1 saturated heterocycles. The summed E-state index contributed by atoms with van der Waals surface area (Å²) in [6.07, 6.45) is -0.382. The van der Waals surface area contributed by atoms with Gasteiger partial charge in [0.2, 0.25) is 0 Å². The summed E-state index contributed by atoms with van der Waals surface area (Å²) in [6.45, 7) is 8.53. The molecule has 2 heterocycles. The summed E-state index contributed by atoms with van der Waals surface area (Å²) in [4.78, 5) is 29.2. The van der Waals surface area contributed by atoms with E-state index in [0.717, 1.165) is 49.8 Å². The van der Waals surface area contributed by atoms with Gasteiger partial charge in [-0.3, -0.25) is 14.3 Å². The number of halogens is 3. The molecule has 250 valence electrons. The molecule has 2 aromatic carbocycles. The van der Waals surface area contributed by atoms with Crippen LogP contribution in [0.1, 0.15) is 97.5 Å². The molecule has 8 nitrogen and oxygen atoms in total. The molecular weight excluding hydrogens is 595 g/mol. The van der Waals surface area contributed by atoms with Gasteiger partial charge in [-0.05, 0) is 76.1 Å². The summed E-state index contributed by atoms with van der Waals surface area (Å²) >= 11 is 0. The van der Waals surface area contributed by atoms with Crippen molar-refractivity contribution in [1.29, 1.82) is 0 Å². The fourth-order valence-corrected chi connectivity index (χ4v) is 6.07. The van der Waals surface area contributed by atoms with E-state index in [1.807, 2.05) is 42.2 Å². The van der Waals surface area contributed by atoms with Crippen LogP contribution in [-0.4, -0.2) is 62.9 Å². The summed E-state index contributed by atoms with van der Waals surface area (Å²) in [5.41, 5.74) is 0.0709. The molecule has 1 unspecified atom stereocenters. The Morgan fingerprint density at radius 1 is 1.02 bits per heavy atom. The lowest BCUT2D eigenvalue weighted by atomic mass is 9.92. The molecule has 0 saturated carbocycles. The number of alkyl halides is 3. The highest BCUT2D eigenvalue weighted by molar-refractivity contribution is 5.98. The van der Waals surface area contributed by atoms with Crippen molar-refractivity contribution < 1.29 is 27.9 Å². The van der Waals surface area contributed by atoms with E-state index in [1.54, 1.807) is 24.6 Å². The third-order valence-electron chi connectivity index (χ3n) is 8.79. The smallest absolute Gasteiger partial charge is 0.390 e. The Morgan fingerprint density at radius 2 is 1.74 bits per heavy atom. The number of aliphatic hydroxyl groups is 1. The highest BCUT2D eigenvalue weighted by Gasteiger charge is 2.34. The Balaban J connectivity index is 1.52. The monoisotopic (exact) mass is 641 g/mol. The Kier molecular flexibility index (Phi) is 11.7. The quantitative estimate of drug-likeness (QED) is 0.215. The Morgan fingerprint density at radius 3 is 2.41 bits per heavy atom. The van der Waals surface area contributed by atoms with E-state index in [2.05, 4.69) is 22.7 Å².